The molecule has 2 atom stereocenters. The highest BCUT2D eigenvalue weighted by Gasteiger charge is 2.33. The van der Waals surface area contributed by atoms with Crippen LogP contribution in [0.4, 0.5) is 0 Å². The molecule has 0 unspecified atom stereocenters. The Morgan fingerprint density at radius 2 is 1.84 bits per heavy atom. The van der Waals surface area contributed by atoms with Crippen LogP contribution in [0.15, 0.2) is 57.7 Å². The third-order valence-corrected chi connectivity index (χ3v) is 6.38. The standard InChI is InChI=1S/C25H30N2O4/c1-3-18-13-21-20(14-24(29)31-23(21)15-22(18)28)16-26-17(2)25(19-7-5-4-6-8-19)27-9-11-30-12-10-27/h4-8,13-15,17,25-26,28H,3,9-12,16H2,1-2H3/p+2/t17-,25-/m0/s1. The highest BCUT2D eigenvalue weighted by molar-refractivity contribution is 5.82. The Bertz CT molecular complexity index is 1070. The van der Waals surface area contributed by atoms with Gasteiger partial charge in [0.15, 0.2) is 6.04 Å². The Kier molecular flexibility index (Phi) is 6.70. The second kappa shape index (κ2) is 9.64. The van der Waals surface area contributed by atoms with Crippen LogP contribution in [-0.2, 0) is 17.7 Å². The van der Waals surface area contributed by atoms with E-state index in [-0.39, 0.29) is 11.4 Å². The van der Waals surface area contributed by atoms with Crippen molar-refractivity contribution in [3.63, 3.8) is 0 Å². The quantitative estimate of drug-likeness (QED) is 0.498. The number of nitrogens with two attached hydrogens (primary N) is 1. The molecule has 1 aliphatic heterocycles. The van der Waals surface area contributed by atoms with Gasteiger partial charge in [0, 0.05) is 28.6 Å². The van der Waals surface area contributed by atoms with Crippen molar-refractivity contribution in [2.75, 3.05) is 26.3 Å². The van der Waals surface area contributed by atoms with Crippen LogP contribution in [0.25, 0.3) is 11.0 Å². The van der Waals surface area contributed by atoms with E-state index in [0.717, 1.165) is 49.2 Å². The van der Waals surface area contributed by atoms with Gasteiger partial charge in [0.05, 0.1) is 13.2 Å². The maximum Gasteiger partial charge on any atom is 0.336 e. The van der Waals surface area contributed by atoms with E-state index in [1.54, 1.807) is 12.1 Å². The van der Waals surface area contributed by atoms with E-state index < -0.39 is 0 Å². The molecule has 0 amide bonds. The molecule has 0 saturated carbocycles. The average Bonchev–Trinajstić information content (AvgIpc) is 2.78. The van der Waals surface area contributed by atoms with Crippen LogP contribution in [0.1, 0.15) is 36.6 Å². The molecule has 31 heavy (non-hydrogen) atoms. The summed E-state index contributed by atoms with van der Waals surface area (Å²) in [6.45, 7) is 8.51. The number of phenolic OH excluding ortho intramolecular Hbond substituents is 1. The van der Waals surface area contributed by atoms with E-state index in [9.17, 15) is 9.90 Å². The number of hydrogen-bond donors (Lipinski definition) is 3. The number of aryl methyl sites for hydroxylation is 1. The molecule has 4 N–H and O–H groups in total. The van der Waals surface area contributed by atoms with Gasteiger partial charge in [-0.15, -0.1) is 0 Å². The van der Waals surface area contributed by atoms with E-state index in [2.05, 4.69) is 42.6 Å². The fourth-order valence-electron chi connectivity index (χ4n) is 4.72. The van der Waals surface area contributed by atoms with Crippen molar-refractivity contribution >= 4 is 11.0 Å². The lowest BCUT2D eigenvalue weighted by molar-refractivity contribution is -0.959. The molecule has 2 aromatic carbocycles. The van der Waals surface area contributed by atoms with Gasteiger partial charge in [0.2, 0.25) is 0 Å². The predicted octanol–water partition coefficient (Wildman–Crippen LogP) is 1.17. The zero-order valence-corrected chi connectivity index (χ0v) is 18.3. The number of nitrogens with one attached hydrogen (secondary N) is 1. The monoisotopic (exact) mass is 424 g/mol. The van der Waals surface area contributed by atoms with Crippen LogP contribution in [-0.4, -0.2) is 37.5 Å². The first-order chi connectivity index (χ1) is 15.1. The summed E-state index contributed by atoms with van der Waals surface area (Å²) in [6, 6.07) is 16.4. The van der Waals surface area contributed by atoms with Gasteiger partial charge in [-0.05, 0) is 25.0 Å². The number of ether oxygens (including phenoxy) is 1. The number of morpholine rings is 1. The number of aromatic hydroxyl groups is 1. The lowest BCUT2D eigenvalue weighted by Gasteiger charge is -2.34. The highest BCUT2D eigenvalue weighted by Crippen LogP contribution is 2.26. The van der Waals surface area contributed by atoms with Crippen LogP contribution in [0.2, 0.25) is 0 Å². The molecule has 0 spiro atoms. The van der Waals surface area contributed by atoms with E-state index in [4.69, 9.17) is 9.15 Å². The van der Waals surface area contributed by atoms with E-state index >= 15 is 0 Å². The molecule has 1 fully saturated rings. The molecular formula is C25H32N2O4+2. The predicted molar refractivity (Wildman–Crippen MR) is 119 cm³/mol. The minimum atomic E-state index is -0.384. The summed E-state index contributed by atoms with van der Waals surface area (Å²) in [5, 5.41) is 13.4. The van der Waals surface area contributed by atoms with Gasteiger partial charge in [0.25, 0.3) is 0 Å². The molecule has 3 aromatic rings. The SMILES string of the molecule is CCc1cc2c(C[NH2+][C@@H](C)[C@@H](c3ccccc3)[NH+]3CCOCC3)cc(=O)oc2cc1O. The van der Waals surface area contributed by atoms with E-state index in [1.165, 1.54) is 10.5 Å². The Labute approximate surface area is 182 Å². The number of phenols is 1. The molecule has 0 bridgehead atoms. The second-order valence-electron chi connectivity index (χ2n) is 8.38. The normalized spacial score (nSPS) is 17.0. The van der Waals surface area contributed by atoms with Crippen LogP contribution in [0.5, 0.6) is 5.75 Å². The van der Waals surface area contributed by atoms with E-state index in [0.29, 0.717) is 24.2 Å². The summed E-state index contributed by atoms with van der Waals surface area (Å²) in [7, 11) is 0. The number of fused-ring (bicyclic) bond motifs is 1. The molecule has 6 nitrogen and oxygen atoms in total. The topological polar surface area (TPSA) is 80.7 Å². The maximum absolute atomic E-state index is 12.1. The van der Waals surface area contributed by atoms with Gasteiger partial charge < -0.3 is 24.5 Å². The van der Waals surface area contributed by atoms with Gasteiger partial charge in [0.1, 0.15) is 37.0 Å². The maximum atomic E-state index is 12.1. The van der Waals surface area contributed by atoms with Crippen LogP contribution >= 0.6 is 0 Å². The summed E-state index contributed by atoms with van der Waals surface area (Å²) in [6.07, 6.45) is 0.719. The summed E-state index contributed by atoms with van der Waals surface area (Å²) < 4.78 is 10.9. The van der Waals surface area contributed by atoms with Crippen molar-refractivity contribution in [1.29, 1.82) is 0 Å². The number of benzene rings is 2. The van der Waals surface area contributed by atoms with Crippen molar-refractivity contribution in [3.05, 3.63) is 75.6 Å². The summed E-state index contributed by atoms with van der Waals surface area (Å²) >= 11 is 0. The summed E-state index contributed by atoms with van der Waals surface area (Å²) in [5.41, 5.74) is 3.19. The fourth-order valence-corrected chi connectivity index (χ4v) is 4.72. The zero-order valence-electron chi connectivity index (χ0n) is 18.3. The van der Waals surface area contributed by atoms with Gasteiger partial charge >= 0.3 is 5.63 Å². The zero-order chi connectivity index (χ0) is 21.8. The molecule has 4 rings (SSSR count). The highest BCUT2D eigenvalue weighted by atomic mass is 16.5. The minimum Gasteiger partial charge on any atom is -0.508 e. The van der Waals surface area contributed by atoms with Gasteiger partial charge in [-0.25, -0.2) is 4.79 Å². The Morgan fingerprint density at radius 3 is 2.55 bits per heavy atom. The van der Waals surface area contributed by atoms with Crippen molar-refractivity contribution < 1.29 is 24.5 Å². The molecule has 0 radical (unpaired) electrons. The fraction of sp³-hybridized carbons (Fsp3) is 0.400. The third-order valence-electron chi connectivity index (χ3n) is 6.38. The molecule has 1 aromatic heterocycles. The molecule has 6 heteroatoms. The Hall–Kier alpha value is -2.67. The number of hydrogen-bond acceptors (Lipinski definition) is 4. The molecule has 2 heterocycles. The summed E-state index contributed by atoms with van der Waals surface area (Å²) in [4.78, 5) is 13.7. The first-order valence-electron chi connectivity index (χ1n) is 11.2. The largest absolute Gasteiger partial charge is 0.508 e. The first-order valence-corrected chi connectivity index (χ1v) is 11.2. The Balaban J connectivity index is 1.61. The second-order valence-corrected chi connectivity index (χ2v) is 8.38. The van der Waals surface area contributed by atoms with Crippen molar-refractivity contribution in [1.82, 2.24) is 0 Å². The summed E-state index contributed by atoms with van der Waals surface area (Å²) in [5.74, 6) is 0.174. The number of quaternary nitrogens is 2. The van der Waals surface area contributed by atoms with Gasteiger partial charge in [-0.1, -0.05) is 37.3 Å². The molecule has 0 aliphatic carbocycles. The van der Waals surface area contributed by atoms with E-state index in [1.807, 2.05) is 13.0 Å². The van der Waals surface area contributed by atoms with Crippen molar-refractivity contribution in [2.45, 2.75) is 38.9 Å². The van der Waals surface area contributed by atoms with Crippen LogP contribution in [0.3, 0.4) is 0 Å². The Morgan fingerprint density at radius 1 is 1.10 bits per heavy atom. The molecule has 1 saturated heterocycles. The molecule has 164 valence electrons. The van der Waals surface area contributed by atoms with Gasteiger partial charge in [-0.2, -0.15) is 0 Å². The van der Waals surface area contributed by atoms with Crippen LogP contribution < -0.4 is 15.8 Å². The lowest BCUT2D eigenvalue weighted by atomic mass is 9.97. The van der Waals surface area contributed by atoms with Crippen LogP contribution in [0, 0.1) is 0 Å². The van der Waals surface area contributed by atoms with Crippen molar-refractivity contribution in [3.8, 4) is 5.75 Å². The molecule has 1 aliphatic rings. The lowest BCUT2D eigenvalue weighted by Crippen LogP contribution is -3.17. The first kappa shape index (κ1) is 21.6. The molecular weight excluding hydrogens is 392 g/mol. The third kappa shape index (κ3) is 4.82. The van der Waals surface area contributed by atoms with Crippen molar-refractivity contribution in [2.24, 2.45) is 0 Å². The number of rotatable bonds is 7. The smallest absolute Gasteiger partial charge is 0.336 e. The minimum absolute atomic E-state index is 0.174. The average molecular weight is 425 g/mol. The van der Waals surface area contributed by atoms with Gasteiger partial charge in [-0.3, -0.25) is 0 Å².